The van der Waals surface area contributed by atoms with Gasteiger partial charge in [-0.25, -0.2) is 0 Å². The van der Waals surface area contributed by atoms with Crippen LogP contribution in [0.15, 0.2) is 47.0 Å². The average Bonchev–Trinajstić information content (AvgIpc) is 2.91. The van der Waals surface area contributed by atoms with E-state index < -0.39 is 0 Å². The Labute approximate surface area is 149 Å². The number of carbonyl (C=O) groups excluding carboxylic acids is 1. The number of halogens is 2. The molecular weight excluding hydrogens is 347 g/mol. The third-order valence-electron chi connectivity index (χ3n) is 3.60. The largest absolute Gasteiger partial charge is 0.360 e. The maximum absolute atomic E-state index is 12.7. The van der Waals surface area contributed by atoms with E-state index in [0.29, 0.717) is 38.3 Å². The Morgan fingerprint density at radius 2 is 1.67 bits per heavy atom. The topological polar surface area (TPSA) is 55.1 Å². The van der Waals surface area contributed by atoms with E-state index in [1.165, 1.54) is 0 Å². The van der Waals surface area contributed by atoms with E-state index >= 15 is 0 Å². The number of hydrogen-bond donors (Lipinski definition) is 1. The third kappa shape index (κ3) is 3.16. The van der Waals surface area contributed by atoms with Crippen molar-refractivity contribution in [3.8, 4) is 11.3 Å². The van der Waals surface area contributed by atoms with Crippen LogP contribution in [-0.4, -0.2) is 11.1 Å². The van der Waals surface area contributed by atoms with Crippen molar-refractivity contribution in [1.82, 2.24) is 5.16 Å². The lowest BCUT2D eigenvalue weighted by Gasteiger charge is -2.08. The fourth-order valence-corrected chi connectivity index (χ4v) is 2.94. The second kappa shape index (κ2) is 6.67. The van der Waals surface area contributed by atoms with Crippen LogP contribution in [0, 0.1) is 13.8 Å². The molecule has 0 bridgehead atoms. The van der Waals surface area contributed by atoms with E-state index in [4.69, 9.17) is 27.7 Å². The second-order valence-corrected chi connectivity index (χ2v) is 6.19. The first-order valence-electron chi connectivity index (χ1n) is 7.26. The number of nitrogens with one attached hydrogen (secondary N) is 1. The Kier molecular flexibility index (Phi) is 4.60. The van der Waals surface area contributed by atoms with E-state index in [1.54, 1.807) is 25.1 Å². The van der Waals surface area contributed by atoms with Gasteiger partial charge in [-0.1, -0.05) is 52.1 Å². The molecule has 3 aromatic rings. The molecule has 122 valence electrons. The number of rotatable bonds is 3. The molecule has 1 amide bonds. The van der Waals surface area contributed by atoms with Crippen molar-refractivity contribution in [1.29, 1.82) is 0 Å². The molecule has 0 fully saturated rings. The number of benzene rings is 2. The monoisotopic (exact) mass is 360 g/mol. The molecule has 1 heterocycles. The number of hydrogen-bond acceptors (Lipinski definition) is 3. The van der Waals surface area contributed by atoms with Gasteiger partial charge in [0.15, 0.2) is 0 Å². The maximum atomic E-state index is 12.7. The highest BCUT2D eigenvalue weighted by molar-refractivity contribution is 6.39. The number of nitrogens with zero attached hydrogens (tertiary/aromatic N) is 1. The van der Waals surface area contributed by atoms with Gasteiger partial charge < -0.3 is 9.84 Å². The highest BCUT2D eigenvalue weighted by Gasteiger charge is 2.24. The second-order valence-electron chi connectivity index (χ2n) is 5.38. The minimum Gasteiger partial charge on any atom is -0.360 e. The zero-order valence-electron chi connectivity index (χ0n) is 13.1. The zero-order valence-corrected chi connectivity index (χ0v) is 14.6. The molecule has 0 spiro atoms. The summed E-state index contributed by atoms with van der Waals surface area (Å²) in [4.78, 5) is 12.7. The molecule has 1 N–H and O–H groups in total. The van der Waals surface area contributed by atoms with Crippen LogP contribution < -0.4 is 5.32 Å². The van der Waals surface area contributed by atoms with E-state index in [-0.39, 0.29) is 5.91 Å². The number of aromatic nitrogens is 1. The van der Waals surface area contributed by atoms with Crippen LogP contribution in [0.2, 0.25) is 10.0 Å². The molecule has 0 saturated heterocycles. The smallest absolute Gasteiger partial charge is 0.261 e. The quantitative estimate of drug-likeness (QED) is 0.669. The Morgan fingerprint density at radius 1 is 1.04 bits per heavy atom. The van der Waals surface area contributed by atoms with E-state index in [1.807, 2.05) is 31.2 Å². The van der Waals surface area contributed by atoms with E-state index in [9.17, 15) is 4.79 Å². The van der Waals surface area contributed by atoms with Crippen LogP contribution >= 0.6 is 23.2 Å². The minimum absolute atomic E-state index is 0.311. The van der Waals surface area contributed by atoms with Crippen molar-refractivity contribution in [2.45, 2.75) is 13.8 Å². The maximum Gasteiger partial charge on any atom is 0.261 e. The summed E-state index contributed by atoms with van der Waals surface area (Å²) in [6.45, 7) is 3.65. The van der Waals surface area contributed by atoms with Crippen molar-refractivity contribution < 1.29 is 9.32 Å². The van der Waals surface area contributed by atoms with Gasteiger partial charge >= 0.3 is 0 Å². The van der Waals surface area contributed by atoms with Crippen LogP contribution in [0.4, 0.5) is 5.69 Å². The highest BCUT2D eigenvalue weighted by atomic mass is 35.5. The molecule has 0 atom stereocenters. The van der Waals surface area contributed by atoms with Crippen LogP contribution in [0.1, 0.15) is 21.7 Å². The first kappa shape index (κ1) is 16.6. The number of anilines is 1. The number of carbonyl (C=O) groups is 1. The Bertz CT molecular complexity index is 882. The lowest BCUT2D eigenvalue weighted by atomic mass is 10.1. The first-order chi connectivity index (χ1) is 11.5. The van der Waals surface area contributed by atoms with Crippen molar-refractivity contribution in [2.75, 3.05) is 5.32 Å². The summed E-state index contributed by atoms with van der Waals surface area (Å²) >= 11 is 12.5. The van der Waals surface area contributed by atoms with Gasteiger partial charge in [0, 0.05) is 11.3 Å². The van der Waals surface area contributed by atoms with Gasteiger partial charge in [-0.15, -0.1) is 0 Å². The summed E-state index contributed by atoms with van der Waals surface area (Å²) in [5.74, 6) is 0.0641. The Balaban J connectivity index is 2.01. The van der Waals surface area contributed by atoms with Crippen LogP contribution in [-0.2, 0) is 0 Å². The van der Waals surface area contributed by atoms with Gasteiger partial charge in [-0.3, -0.25) is 4.79 Å². The van der Waals surface area contributed by atoms with Gasteiger partial charge in [-0.05, 0) is 38.1 Å². The summed E-state index contributed by atoms with van der Waals surface area (Å²) in [6.07, 6.45) is 0. The standard InChI is InChI=1S/C18H14Cl2N2O2/c1-10-6-8-12(9-7-10)21-18(23)15-11(2)24-22-17(15)16-13(19)4-3-5-14(16)20/h3-9H,1-2H3,(H,21,23). The Morgan fingerprint density at radius 3 is 2.29 bits per heavy atom. The lowest BCUT2D eigenvalue weighted by Crippen LogP contribution is -2.13. The normalized spacial score (nSPS) is 10.7. The van der Waals surface area contributed by atoms with Gasteiger partial charge in [-0.2, -0.15) is 0 Å². The minimum atomic E-state index is -0.330. The van der Waals surface area contributed by atoms with Crippen molar-refractivity contribution >= 4 is 34.8 Å². The molecule has 4 nitrogen and oxygen atoms in total. The Hall–Kier alpha value is -2.30. The highest BCUT2D eigenvalue weighted by Crippen LogP contribution is 2.36. The molecule has 3 rings (SSSR count). The third-order valence-corrected chi connectivity index (χ3v) is 4.23. The van der Waals surface area contributed by atoms with Gasteiger partial charge in [0.2, 0.25) is 0 Å². The fourth-order valence-electron chi connectivity index (χ4n) is 2.36. The van der Waals surface area contributed by atoms with Gasteiger partial charge in [0.1, 0.15) is 17.0 Å². The first-order valence-corrected chi connectivity index (χ1v) is 8.01. The van der Waals surface area contributed by atoms with Crippen molar-refractivity contribution in [3.05, 3.63) is 69.4 Å². The molecule has 24 heavy (non-hydrogen) atoms. The summed E-state index contributed by atoms with van der Waals surface area (Å²) in [5, 5.41) is 7.62. The predicted molar refractivity (Wildman–Crippen MR) is 95.8 cm³/mol. The van der Waals surface area contributed by atoms with E-state index in [2.05, 4.69) is 10.5 Å². The predicted octanol–water partition coefficient (Wildman–Crippen LogP) is 5.52. The number of aryl methyl sites for hydroxylation is 2. The molecule has 0 aliphatic carbocycles. The molecule has 0 radical (unpaired) electrons. The molecule has 1 aromatic heterocycles. The van der Waals surface area contributed by atoms with Crippen LogP contribution in [0.25, 0.3) is 11.3 Å². The van der Waals surface area contributed by atoms with Gasteiger partial charge in [0.05, 0.1) is 10.0 Å². The summed E-state index contributed by atoms with van der Waals surface area (Å²) in [5.41, 5.74) is 2.91. The molecule has 0 aliphatic heterocycles. The van der Waals surface area contributed by atoms with Crippen LogP contribution in [0.5, 0.6) is 0 Å². The number of amides is 1. The molecule has 6 heteroatoms. The summed E-state index contributed by atoms with van der Waals surface area (Å²) in [7, 11) is 0. The summed E-state index contributed by atoms with van der Waals surface area (Å²) in [6, 6.07) is 12.6. The van der Waals surface area contributed by atoms with Crippen LogP contribution in [0.3, 0.4) is 0 Å². The lowest BCUT2D eigenvalue weighted by molar-refractivity contribution is 0.102. The molecule has 2 aromatic carbocycles. The average molecular weight is 361 g/mol. The van der Waals surface area contributed by atoms with Crippen molar-refractivity contribution in [3.63, 3.8) is 0 Å². The molecule has 0 aliphatic rings. The fraction of sp³-hybridized carbons (Fsp3) is 0.111. The SMILES string of the molecule is Cc1ccc(NC(=O)c2c(-c3c(Cl)cccc3Cl)noc2C)cc1. The van der Waals surface area contributed by atoms with Gasteiger partial charge in [0.25, 0.3) is 5.91 Å². The molecule has 0 saturated carbocycles. The van der Waals surface area contributed by atoms with Crippen molar-refractivity contribution in [2.24, 2.45) is 0 Å². The summed E-state index contributed by atoms with van der Waals surface area (Å²) < 4.78 is 5.21. The van der Waals surface area contributed by atoms with E-state index in [0.717, 1.165) is 5.56 Å². The zero-order chi connectivity index (χ0) is 17.3. The molecule has 0 unspecified atom stereocenters. The molecular formula is C18H14Cl2N2O2.